The lowest BCUT2D eigenvalue weighted by molar-refractivity contribution is 0.218. The summed E-state index contributed by atoms with van der Waals surface area (Å²) < 4.78 is 0. The molecule has 0 radical (unpaired) electrons. The molecule has 0 aliphatic carbocycles. The third-order valence-corrected chi connectivity index (χ3v) is 3.35. The van der Waals surface area contributed by atoms with Crippen LogP contribution in [0.25, 0.3) is 0 Å². The molecule has 14 heavy (non-hydrogen) atoms. The number of thioether (sulfide) groups is 1. The van der Waals surface area contributed by atoms with Crippen molar-refractivity contribution in [2.24, 2.45) is 0 Å². The molecule has 0 aromatic heterocycles. The maximum Gasteiger partial charge on any atom is 0.0523 e. The van der Waals surface area contributed by atoms with Crippen LogP contribution < -0.4 is 0 Å². The maximum atomic E-state index is 9.27. The molecule has 78 valence electrons. The van der Waals surface area contributed by atoms with E-state index < -0.39 is 0 Å². The van der Waals surface area contributed by atoms with Gasteiger partial charge in [0.15, 0.2) is 0 Å². The molecule has 0 unspecified atom stereocenters. The third kappa shape index (κ3) is 2.44. The highest BCUT2D eigenvalue weighted by Gasteiger charge is 2.22. The fourth-order valence-corrected chi connectivity index (χ4v) is 2.05. The van der Waals surface area contributed by atoms with Gasteiger partial charge in [-0.15, -0.1) is 11.8 Å². The second-order valence-electron chi connectivity index (χ2n) is 3.89. The van der Waals surface area contributed by atoms with Crippen LogP contribution in [0, 0.1) is 0 Å². The Balaban J connectivity index is 3.18. The van der Waals surface area contributed by atoms with Gasteiger partial charge in [0.1, 0.15) is 0 Å². The molecular formula is C11H15ClOS. The van der Waals surface area contributed by atoms with Crippen LogP contribution in [0.5, 0.6) is 0 Å². The van der Waals surface area contributed by atoms with E-state index in [-0.39, 0.29) is 12.0 Å². The van der Waals surface area contributed by atoms with Gasteiger partial charge in [0.25, 0.3) is 0 Å². The maximum absolute atomic E-state index is 9.27. The molecule has 1 N–H and O–H groups in total. The van der Waals surface area contributed by atoms with Crippen LogP contribution >= 0.6 is 23.4 Å². The van der Waals surface area contributed by atoms with E-state index in [1.807, 2.05) is 38.3 Å². The minimum absolute atomic E-state index is 0.102. The molecule has 0 saturated carbocycles. The molecule has 1 aromatic rings. The Morgan fingerprint density at radius 3 is 2.57 bits per heavy atom. The number of halogens is 1. The summed E-state index contributed by atoms with van der Waals surface area (Å²) in [6.45, 7) is 4.07. The van der Waals surface area contributed by atoms with Crippen molar-refractivity contribution in [2.45, 2.75) is 24.2 Å². The van der Waals surface area contributed by atoms with Crippen molar-refractivity contribution in [3.05, 3.63) is 28.8 Å². The van der Waals surface area contributed by atoms with Crippen LogP contribution in [-0.2, 0) is 5.41 Å². The van der Waals surface area contributed by atoms with E-state index in [2.05, 4.69) is 0 Å². The average Bonchev–Trinajstić information content (AvgIpc) is 2.18. The summed E-state index contributed by atoms with van der Waals surface area (Å²) >= 11 is 7.77. The molecule has 0 bridgehead atoms. The summed E-state index contributed by atoms with van der Waals surface area (Å²) in [7, 11) is 0. The summed E-state index contributed by atoms with van der Waals surface area (Å²) in [5, 5.41) is 9.99. The molecule has 0 heterocycles. The Hall–Kier alpha value is -0.180. The van der Waals surface area contributed by atoms with Gasteiger partial charge in [0.2, 0.25) is 0 Å². The predicted octanol–water partition coefficient (Wildman–Crippen LogP) is 3.33. The molecule has 1 rings (SSSR count). The van der Waals surface area contributed by atoms with Gasteiger partial charge in [0, 0.05) is 15.3 Å². The van der Waals surface area contributed by atoms with Gasteiger partial charge < -0.3 is 5.11 Å². The van der Waals surface area contributed by atoms with Crippen molar-refractivity contribution < 1.29 is 5.11 Å². The minimum Gasteiger partial charge on any atom is -0.395 e. The van der Waals surface area contributed by atoms with Gasteiger partial charge in [0.05, 0.1) is 6.61 Å². The van der Waals surface area contributed by atoms with Crippen LogP contribution in [0.15, 0.2) is 23.1 Å². The largest absolute Gasteiger partial charge is 0.395 e. The van der Waals surface area contributed by atoms with Gasteiger partial charge in [-0.3, -0.25) is 0 Å². The zero-order chi connectivity index (χ0) is 10.8. The normalized spacial score (nSPS) is 11.8. The molecule has 1 nitrogen and oxygen atoms in total. The smallest absolute Gasteiger partial charge is 0.0523 e. The average molecular weight is 231 g/mol. The van der Waals surface area contributed by atoms with E-state index >= 15 is 0 Å². The number of aliphatic hydroxyl groups is 1. The van der Waals surface area contributed by atoms with Crippen LogP contribution in [0.2, 0.25) is 5.02 Å². The number of hydrogen-bond donors (Lipinski definition) is 1. The van der Waals surface area contributed by atoms with Crippen molar-refractivity contribution in [2.75, 3.05) is 12.9 Å². The lowest BCUT2D eigenvalue weighted by Gasteiger charge is -2.24. The number of rotatable bonds is 3. The first kappa shape index (κ1) is 11.9. The second kappa shape index (κ2) is 4.56. The summed E-state index contributed by atoms with van der Waals surface area (Å²) in [5.41, 5.74) is 0.733. The Kier molecular flexibility index (Phi) is 3.87. The summed E-state index contributed by atoms with van der Waals surface area (Å²) in [4.78, 5) is 1.17. The molecule has 0 atom stereocenters. The van der Waals surface area contributed by atoms with Gasteiger partial charge in [-0.05, 0) is 30.0 Å². The molecule has 0 aliphatic heterocycles. The summed E-state index contributed by atoms with van der Waals surface area (Å²) in [6.07, 6.45) is 2.03. The quantitative estimate of drug-likeness (QED) is 0.804. The first-order valence-electron chi connectivity index (χ1n) is 4.46. The SMILES string of the molecule is CSc1ccc(Cl)c(C(C)(C)CO)c1. The highest BCUT2D eigenvalue weighted by atomic mass is 35.5. The lowest BCUT2D eigenvalue weighted by Crippen LogP contribution is -2.22. The Labute approximate surface area is 94.5 Å². The summed E-state index contributed by atoms with van der Waals surface area (Å²) in [5.74, 6) is 0. The Morgan fingerprint density at radius 2 is 2.07 bits per heavy atom. The van der Waals surface area contributed by atoms with Gasteiger partial charge >= 0.3 is 0 Å². The molecule has 0 fully saturated rings. The number of aliphatic hydroxyl groups excluding tert-OH is 1. The van der Waals surface area contributed by atoms with Crippen LogP contribution in [0.4, 0.5) is 0 Å². The van der Waals surface area contributed by atoms with Gasteiger partial charge in [-0.2, -0.15) is 0 Å². The minimum atomic E-state index is -0.275. The molecule has 0 saturated heterocycles. The Bertz CT molecular complexity index is 323. The van der Waals surface area contributed by atoms with E-state index in [1.165, 1.54) is 4.90 Å². The number of hydrogen-bond acceptors (Lipinski definition) is 2. The topological polar surface area (TPSA) is 20.2 Å². The molecule has 0 aliphatic rings. The van der Waals surface area contributed by atoms with Gasteiger partial charge in [-0.25, -0.2) is 0 Å². The monoisotopic (exact) mass is 230 g/mol. The van der Waals surface area contributed by atoms with Crippen LogP contribution in [-0.4, -0.2) is 18.0 Å². The van der Waals surface area contributed by atoms with Crippen molar-refractivity contribution in [3.63, 3.8) is 0 Å². The molecular weight excluding hydrogens is 216 g/mol. The van der Waals surface area contributed by atoms with Crippen molar-refractivity contribution in [1.29, 1.82) is 0 Å². The first-order valence-corrected chi connectivity index (χ1v) is 6.06. The zero-order valence-electron chi connectivity index (χ0n) is 8.67. The van der Waals surface area contributed by atoms with E-state index in [9.17, 15) is 5.11 Å². The first-order chi connectivity index (χ1) is 6.51. The molecule has 0 amide bonds. The number of benzene rings is 1. The van der Waals surface area contributed by atoms with E-state index in [4.69, 9.17) is 11.6 Å². The lowest BCUT2D eigenvalue weighted by atomic mass is 9.86. The van der Waals surface area contributed by atoms with E-state index in [1.54, 1.807) is 11.8 Å². The zero-order valence-corrected chi connectivity index (χ0v) is 10.2. The molecule has 1 aromatic carbocycles. The van der Waals surface area contributed by atoms with Gasteiger partial charge in [-0.1, -0.05) is 25.4 Å². The summed E-state index contributed by atoms with van der Waals surface area (Å²) in [6, 6.07) is 5.92. The van der Waals surface area contributed by atoms with Crippen molar-refractivity contribution in [3.8, 4) is 0 Å². The second-order valence-corrected chi connectivity index (χ2v) is 5.17. The third-order valence-electron chi connectivity index (χ3n) is 2.30. The van der Waals surface area contributed by atoms with Crippen LogP contribution in [0.1, 0.15) is 19.4 Å². The van der Waals surface area contributed by atoms with E-state index in [0.717, 1.165) is 10.6 Å². The highest BCUT2D eigenvalue weighted by Crippen LogP contribution is 2.32. The van der Waals surface area contributed by atoms with Crippen molar-refractivity contribution >= 4 is 23.4 Å². The molecule has 0 spiro atoms. The fourth-order valence-electron chi connectivity index (χ4n) is 1.24. The van der Waals surface area contributed by atoms with Crippen LogP contribution in [0.3, 0.4) is 0 Å². The predicted molar refractivity (Wildman–Crippen MR) is 63.3 cm³/mol. The fraction of sp³-hybridized carbons (Fsp3) is 0.455. The molecule has 3 heteroatoms. The highest BCUT2D eigenvalue weighted by molar-refractivity contribution is 7.98. The Morgan fingerprint density at radius 1 is 1.43 bits per heavy atom. The van der Waals surface area contributed by atoms with E-state index in [0.29, 0.717) is 0 Å². The standard InChI is InChI=1S/C11H15ClOS/c1-11(2,7-13)9-6-8(14-3)4-5-10(9)12/h4-6,13H,7H2,1-3H3. The van der Waals surface area contributed by atoms with Crippen molar-refractivity contribution in [1.82, 2.24) is 0 Å².